The van der Waals surface area contributed by atoms with E-state index in [1.54, 1.807) is 23.6 Å². The van der Waals surface area contributed by atoms with Crippen molar-refractivity contribution in [2.45, 2.75) is 18.9 Å². The Morgan fingerprint density at radius 3 is 1.85 bits per heavy atom. The lowest BCUT2D eigenvalue weighted by atomic mass is 9.88. The number of rotatable bonds is 10. The maximum absolute atomic E-state index is 6.31. The first-order valence-corrected chi connectivity index (χ1v) is 14.7. The van der Waals surface area contributed by atoms with Gasteiger partial charge in [-0.3, -0.25) is 4.90 Å². The number of benzene rings is 4. The topological polar surface area (TPSA) is 127 Å². The highest BCUT2D eigenvalue weighted by molar-refractivity contribution is 5.52. The number of likely N-dealkylation sites (N-methyl/N-ethyl adjacent to an activating group) is 1. The number of aromatic nitrogens is 8. The summed E-state index contributed by atoms with van der Waals surface area (Å²) < 4.78 is 27.0. The highest BCUT2D eigenvalue weighted by Gasteiger charge is 2.28. The highest BCUT2D eigenvalue weighted by atomic mass is 16.5. The number of fused-ring (bicyclic) bond motifs is 1. The van der Waals surface area contributed by atoms with E-state index in [0.717, 1.165) is 35.5 Å². The van der Waals surface area contributed by atoms with Crippen molar-refractivity contribution in [2.75, 3.05) is 27.8 Å². The van der Waals surface area contributed by atoms with Crippen LogP contribution in [0.2, 0.25) is 0 Å². The predicted molar refractivity (Wildman–Crippen MR) is 167 cm³/mol. The summed E-state index contributed by atoms with van der Waals surface area (Å²) in [5.74, 6) is 2.22. The van der Waals surface area contributed by atoms with Crippen LogP contribution in [0.3, 0.4) is 0 Å². The molecule has 7 rings (SSSR count). The first-order chi connectivity index (χ1) is 22.6. The van der Waals surface area contributed by atoms with Crippen LogP contribution in [0.25, 0.3) is 11.4 Å². The fourth-order valence-corrected chi connectivity index (χ4v) is 5.64. The van der Waals surface area contributed by atoms with E-state index in [4.69, 9.17) is 18.9 Å². The van der Waals surface area contributed by atoms with Crippen LogP contribution in [0, 0.1) is 0 Å². The van der Waals surface area contributed by atoms with E-state index in [1.807, 2.05) is 91.0 Å². The third-order valence-corrected chi connectivity index (χ3v) is 7.99. The van der Waals surface area contributed by atoms with Crippen molar-refractivity contribution < 1.29 is 18.9 Å². The molecule has 46 heavy (non-hydrogen) atoms. The van der Waals surface area contributed by atoms with Crippen LogP contribution in [0.1, 0.15) is 22.7 Å². The van der Waals surface area contributed by atoms with Crippen LogP contribution in [-0.2, 0) is 12.8 Å². The standard InChI is InChI=1S/C33H31N9O4/c1-40-17-16-23-20-29(44-3)31(46-33-35-37-39-42(33)25-12-8-5-9-13-25)21-26(23)27(40)18-22-14-15-28(43-2)30(19-22)45-32-34-36-38-41(32)24-10-6-4-7-11-24/h4-15,19-21,27H,16-18H2,1-3H3/t27-/m0/s1. The molecule has 0 unspecified atom stereocenters. The van der Waals surface area contributed by atoms with Crippen molar-refractivity contribution in [2.24, 2.45) is 0 Å². The lowest BCUT2D eigenvalue weighted by Gasteiger charge is -2.35. The zero-order chi connectivity index (χ0) is 31.5. The molecule has 13 nitrogen and oxygen atoms in total. The quantitative estimate of drug-likeness (QED) is 0.206. The molecule has 6 aromatic rings. The second kappa shape index (κ2) is 12.7. The lowest BCUT2D eigenvalue weighted by Crippen LogP contribution is -2.33. The normalized spacial score (nSPS) is 14.5. The second-order valence-corrected chi connectivity index (χ2v) is 10.8. The van der Waals surface area contributed by atoms with Crippen LogP contribution in [-0.4, -0.2) is 73.1 Å². The molecule has 3 heterocycles. The molecule has 2 aromatic heterocycles. The molecular weight excluding hydrogens is 586 g/mol. The van der Waals surface area contributed by atoms with Gasteiger partial charge in [-0.05, 0) is 106 Å². The van der Waals surface area contributed by atoms with Crippen molar-refractivity contribution in [1.29, 1.82) is 0 Å². The Kier molecular flexibility index (Phi) is 7.96. The fraction of sp³-hybridized carbons (Fsp3) is 0.212. The fourth-order valence-electron chi connectivity index (χ4n) is 5.64. The Morgan fingerprint density at radius 1 is 0.674 bits per heavy atom. The zero-order valence-corrected chi connectivity index (χ0v) is 25.5. The predicted octanol–water partition coefficient (Wildman–Crippen LogP) is 5.01. The zero-order valence-electron chi connectivity index (χ0n) is 25.5. The second-order valence-electron chi connectivity index (χ2n) is 10.8. The number of methoxy groups -OCH3 is 2. The first-order valence-electron chi connectivity index (χ1n) is 14.7. The summed E-state index contributed by atoms with van der Waals surface area (Å²) in [6, 6.07) is 29.7. The third kappa shape index (κ3) is 5.71. The Bertz CT molecular complexity index is 1950. The first kappa shape index (κ1) is 28.9. The van der Waals surface area contributed by atoms with Crippen molar-refractivity contribution >= 4 is 0 Å². The van der Waals surface area contributed by atoms with E-state index < -0.39 is 0 Å². The molecule has 0 saturated carbocycles. The van der Waals surface area contributed by atoms with E-state index in [1.165, 1.54) is 5.56 Å². The Morgan fingerprint density at radius 2 is 1.26 bits per heavy atom. The molecule has 0 bridgehead atoms. The summed E-state index contributed by atoms with van der Waals surface area (Å²) in [7, 11) is 5.37. The van der Waals surface area contributed by atoms with E-state index in [0.29, 0.717) is 29.4 Å². The Labute approximate surface area is 264 Å². The van der Waals surface area contributed by atoms with Gasteiger partial charge in [0, 0.05) is 12.6 Å². The van der Waals surface area contributed by atoms with Gasteiger partial charge in [-0.15, -0.1) is 0 Å². The minimum absolute atomic E-state index is 0.0398. The van der Waals surface area contributed by atoms with Crippen molar-refractivity contribution in [3.8, 4) is 46.4 Å². The summed E-state index contributed by atoms with van der Waals surface area (Å²) in [6.07, 6.45) is 1.57. The van der Waals surface area contributed by atoms with Gasteiger partial charge in [0.25, 0.3) is 0 Å². The third-order valence-electron chi connectivity index (χ3n) is 7.99. The molecule has 0 fully saturated rings. The molecule has 13 heteroatoms. The number of para-hydroxylation sites is 2. The Hall–Kier alpha value is -5.82. The van der Waals surface area contributed by atoms with E-state index in [-0.39, 0.29) is 18.1 Å². The maximum atomic E-state index is 6.31. The molecule has 0 amide bonds. The Balaban J connectivity index is 1.19. The molecule has 1 aliphatic rings. The van der Waals surface area contributed by atoms with Gasteiger partial charge in [-0.2, -0.15) is 9.36 Å². The van der Waals surface area contributed by atoms with E-state index in [2.05, 4.69) is 43.0 Å². The van der Waals surface area contributed by atoms with Crippen LogP contribution in [0.4, 0.5) is 0 Å². The SMILES string of the molecule is COc1ccc(C[C@H]2c3cc(Oc4nnnn4-c4ccccc4)c(OC)cc3CCN2C)cc1Oc1nnnn1-c1ccccc1. The van der Waals surface area contributed by atoms with Gasteiger partial charge in [-0.25, -0.2) is 0 Å². The van der Waals surface area contributed by atoms with Gasteiger partial charge < -0.3 is 18.9 Å². The number of nitrogens with zero attached hydrogens (tertiary/aromatic N) is 9. The number of ether oxygens (including phenoxy) is 4. The van der Waals surface area contributed by atoms with E-state index >= 15 is 0 Å². The number of hydrogen-bond acceptors (Lipinski definition) is 11. The highest BCUT2D eigenvalue weighted by Crippen LogP contribution is 2.41. The van der Waals surface area contributed by atoms with E-state index in [9.17, 15) is 0 Å². The molecule has 4 aromatic carbocycles. The molecule has 232 valence electrons. The summed E-state index contributed by atoms with van der Waals surface area (Å²) in [5, 5.41) is 24.1. The van der Waals surface area contributed by atoms with Gasteiger partial charge in [0.1, 0.15) is 0 Å². The molecule has 0 saturated heterocycles. The molecule has 0 N–H and O–H groups in total. The molecule has 0 aliphatic carbocycles. The summed E-state index contributed by atoms with van der Waals surface area (Å²) in [5.41, 5.74) is 4.94. The molecule has 1 aliphatic heterocycles. The average Bonchev–Trinajstić information content (AvgIpc) is 3.76. The number of tetrazole rings is 2. The van der Waals surface area contributed by atoms with Crippen LogP contribution in [0.5, 0.6) is 35.0 Å². The largest absolute Gasteiger partial charge is 0.493 e. The lowest BCUT2D eigenvalue weighted by molar-refractivity contribution is 0.228. The average molecular weight is 618 g/mol. The van der Waals surface area contributed by atoms with Crippen LogP contribution < -0.4 is 18.9 Å². The molecular formula is C33H31N9O4. The van der Waals surface area contributed by atoms with Gasteiger partial charge in [-0.1, -0.05) is 52.7 Å². The summed E-state index contributed by atoms with van der Waals surface area (Å²) in [6.45, 7) is 0.888. The summed E-state index contributed by atoms with van der Waals surface area (Å²) >= 11 is 0. The van der Waals surface area contributed by atoms with Crippen molar-refractivity contribution in [1.82, 2.24) is 45.3 Å². The minimum Gasteiger partial charge on any atom is -0.493 e. The monoisotopic (exact) mass is 617 g/mol. The summed E-state index contributed by atoms with van der Waals surface area (Å²) in [4.78, 5) is 2.34. The van der Waals surface area contributed by atoms with Gasteiger partial charge in [0.15, 0.2) is 23.0 Å². The van der Waals surface area contributed by atoms with Gasteiger partial charge in [0.2, 0.25) is 0 Å². The van der Waals surface area contributed by atoms with Crippen LogP contribution >= 0.6 is 0 Å². The molecule has 0 spiro atoms. The molecule has 1 atom stereocenters. The molecule has 0 radical (unpaired) electrons. The van der Waals surface area contributed by atoms with Crippen LogP contribution in [0.15, 0.2) is 91.0 Å². The van der Waals surface area contributed by atoms with Crippen molar-refractivity contribution in [3.05, 3.63) is 108 Å². The maximum Gasteiger partial charge on any atom is 0.346 e. The number of hydrogen-bond donors (Lipinski definition) is 0. The van der Waals surface area contributed by atoms with Gasteiger partial charge in [0.05, 0.1) is 25.6 Å². The minimum atomic E-state index is 0.0398. The van der Waals surface area contributed by atoms with Crippen molar-refractivity contribution in [3.63, 3.8) is 0 Å². The smallest absolute Gasteiger partial charge is 0.346 e. The van der Waals surface area contributed by atoms with Gasteiger partial charge >= 0.3 is 12.0 Å².